The SMILES string of the molecule is CC(C)CCC[C@@H](C)[C@H]1CC[C@H]2[C@@H]3CCC4C/C(=N\NC(N)=O)C=C[C@]4(C)[C@H]3CC[C@]12C. The van der Waals surface area contributed by atoms with Crippen molar-refractivity contribution in [2.24, 2.45) is 63.1 Å². The topological polar surface area (TPSA) is 67.5 Å². The summed E-state index contributed by atoms with van der Waals surface area (Å²) in [7, 11) is 0. The van der Waals surface area contributed by atoms with Gasteiger partial charge in [0.1, 0.15) is 0 Å². The van der Waals surface area contributed by atoms with Gasteiger partial charge in [0, 0.05) is 0 Å². The first-order chi connectivity index (χ1) is 15.1. The first-order valence-electron chi connectivity index (χ1n) is 13.5. The molecule has 3 fully saturated rings. The maximum absolute atomic E-state index is 11.1. The average Bonchev–Trinajstić information content (AvgIpc) is 3.09. The number of carbonyl (C=O) groups is 1. The van der Waals surface area contributed by atoms with Gasteiger partial charge in [-0.3, -0.25) is 0 Å². The minimum Gasteiger partial charge on any atom is -0.350 e. The lowest BCUT2D eigenvalue weighted by Gasteiger charge is -2.59. The largest absolute Gasteiger partial charge is 0.350 e. The quantitative estimate of drug-likeness (QED) is 0.432. The summed E-state index contributed by atoms with van der Waals surface area (Å²) in [6, 6.07) is -0.580. The summed E-state index contributed by atoms with van der Waals surface area (Å²) in [5, 5.41) is 4.24. The second-order valence-corrected chi connectivity index (χ2v) is 12.7. The fourth-order valence-electron chi connectivity index (χ4n) is 8.88. The second-order valence-electron chi connectivity index (χ2n) is 12.7. The highest BCUT2D eigenvalue weighted by atomic mass is 16.2. The number of nitrogens with two attached hydrogens (primary N) is 1. The number of carbonyl (C=O) groups excluding carboxylic acids is 1. The van der Waals surface area contributed by atoms with Crippen molar-refractivity contribution in [1.82, 2.24) is 5.43 Å². The van der Waals surface area contributed by atoms with Gasteiger partial charge in [-0.15, -0.1) is 0 Å². The predicted molar refractivity (Wildman–Crippen MR) is 133 cm³/mol. The molecule has 4 rings (SSSR count). The van der Waals surface area contributed by atoms with Crippen molar-refractivity contribution in [2.45, 2.75) is 98.8 Å². The Morgan fingerprint density at radius 2 is 1.91 bits per heavy atom. The summed E-state index contributed by atoms with van der Waals surface area (Å²) in [5.74, 6) is 5.87. The van der Waals surface area contributed by atoms with Gasteiger partial charge in [-0.1, -0.05) is 60.0 Å². The van der Waals surface area contributed by atoms with E-state index in [-0.39, 0.29) is 5.41 Å². The van der Waals surface area contributed by atoms with E-state index >= 15 is 0 Å². The Labute approximate surface area is 196 Å². The molecule has 0 heterocycles. The molecule has 0 aromatic carbocycles. The molecule has 0 spiro atoms. The molecule has 4 aliphatic carbocycles. The molecule has 0 saturated heterocycles. The second kappa shape index (κ2) is 9.14. The summed E-state index contributed by atoms with van der Waals surface area (Å²) in [6.45, 7) is 12.5. The predicted octanol–water partition coefficient (Wildman–Crippen LogP) is 6.91. The number of allylic oxidation sites excluding steroid dienone is 2. The van der Waals surface area contributed by atoms with Crippen molar-refractivity contribution in [3.05, 3.63) is 12.2 Å². The van der Waals surface area contributed by atoms with Crippen LogP contribution in [0.15, 0.2) is 17.3 Å². The van der Waals surface area contributed by atoms with Crippen LogP contribution in [0.1, 0.15) is 98.8 Å². The molecule has 4 heteroatoms. The summed E-state index contributed by atoms with van der Waals surface area (Å²) < 4.78 is 0. The van der Waals surface area contributed by atoms with Crippen molar-refractivity contribution < 1.29 is 4.79 Å². The van der Waals surface area contributed by atoms with Gasteiger partial charge in [0.15, 0.2) is 0 Å². The molecule has 4 nitrogen and oxygen atoms in total. The molecule has 32 heavy (non-hydrogen) atoms. The van der Waals surface area contributed by atoms with Crippen molar-refractivity contribution in [3.8, 4) is 0 Å². The van der Waals surface area contributed by atoms with E-state index in [4.69, 9.17) is 5.73 Å². The Kier molecular flexibility index (Phi) is 6.81. The lowest BCUT2D eigenvalue weighted by atomic mass is 9.45. The molecule has 0 radical (unpaired) electrons. The van der Waals surface area contributed by atoms with E-state index in [0.29, 0.717) is 11.3 Å². The van der Waals surface area contributed by atoms with Crippen LogP contribution < -0.4 is 11.2 Å². The van der Waals surface area contributed by atoms with Crippen LogP contribution in [0.4, 0.5) is 4.79 Å². The van der Waals surface area contributed by atoms with Gasteiger partial charge in [0.2, 0.25) is 0 Å². The average molecular weight is 442 g/mol. The molecule has 1 unspecified atom stereocenters. The number of primary amides is 1. The summed E-state index contributed by atoms with van der Waals surface area (Å²) in [5.41, 5.74) is 9.44. The van der Waals surface area contributed by atoms with E-state index in [1.165, 1.54) is 57.8 Å². The van der Waals surface area contributed by atoms with Gasteiger partial charge in [0.05, 0.1) is 5.71 Å². The third-order valence-corrected chi connectivity index (χ3v) is 10.6. The van der Waals surface area contributed by atoms with Crippen LogP contribution >= 0.6 is 0 Å². The molecular weight excluding hydrogens is 394 g/mol. The first kappa shape index (κ1) is 23.8. The third-order valence-electron chi connectivity index (χ3n) is 10.6. The van der Waals surface area contributed by atoms with Crippen LogP contribution in [-0.4, -0.2) is 11.7 Å². The number of hydrazone groups is 1. The Bertz CT molecular complexity index is 758. The Balaban J connectivity index is 1.47. The van der Waals surface area contributed by atoms with Crippen LogP contribution in [0.2, 0.25) is 0 Å². The highest BCUT2D eigenvalue weighted by Gasteiger charge is 2.59. The minimum absolute atomic E-state index is 0.275. The molecule has 8 atom stereocenters. The molecule has 0 bridgehead atoms. The molecule has 0 aliphatic heterocycles. The zero-order chi connectivity index (χ0) is 23.1. The number of hydrogen-bond donors (Lipinski definition) is 2. The van der Waals surface area contributed by atoms with E-state index in [1.807, 2.05) is 0 Å². The van der Waals surface area contributed by atoms with Crippen LogP contribution in [0.3, 0.4) is 0 Å². The minimum atomic E-state index is -0.580. The van der Waals surface area contributed by atoms with Crippen LogP contribution in [0.25, 0.3) is 0 Å². The molecule has 3 saturated carbocycles. The number of fused-ring (bicyclic) bond motifs is 5. The normalized spacial score (nSPS) is 42.9. The summed E-state index contributed by atoms with van der Waals surface area (Å²) in [4.78, 5) is 11.1. The number of amides is 2. The van der Waals surface area contributed by atoms with Crippen LogP contribution in [-0.2, 0) is 0 Å². The van der Waals surface area contributed by atoms with Crippen molar-refractivity contribution >= 4 is 11.7 Å². The fraction of sp³-hybridized carbons (Fsp3) is 0.857. The Morgan fingerprint density at radius 1 is 1.12 bits per heavy atom. The fourth-order valence-corrected chi connectivity index (χ4v) is 8.88. The number of urea groups is 1. The van der Waals surface area contributed by atoms with E-state index in [9.17, 15) is 4.79 Å². The van der Waals surface area contributed by atoms with Gasteiger partial charge in [-0.05, 0) is 103 Å². The van der Waals surface area contributed by atoms with Gasteiger partial charge >= 0.3 is 6.03 Å². The van der Waals surface area contributed by atoms with Crippen molar-refractivity contribution in [1.29, 1.82) is 0 Å². The smallest absolute Gasteiger partial charge is 0.332 e. The maximum Gasteiger partial charge on any atom is 0.332 e. The molecule has 180 valence electrons. The standard InChI is InChI=1S/C28H47N3O/c1-18(2)7-6-8-19(3)23-11-12-24-22-10-9-20-17-21(30-31-26(29)32)13-15-27(20,4)25(22)14-16-28(23,24)5/h13,15,18-20,22-25H,6-12,14,16-17H2,1-5H3,(H3,29,31,32)/b30-21-/t19-,20?,22+,23-,24+,25+,27+,28-/m1/s1. The van der Waals surface area contributed by atoms with Gasteiger partial charge in [-0.25, -0.2) is 10.2 Å². The van der Waals surface area contributed by atoms with Crippen molar-refractivity contribution in [3.63, 3.8) is 0 Å². The van der Waals surface area contributed by atoms with E-state index in [0.717, 1.165) is 47.6 Å². The molecule has 2 amide bonds. The molecule has 0 aromatic rings. The lowest BCUT2D eigenvalue weighted by Crippen LogP contribution is -2.52. The number of rotatable bonds is 6. The Hall–Kier alpha value is -1.32. The zero-order valence-electron chi connectivity index (χ0n) is 21.2. The maximum atomic E-state index is 11.1. The highest BCUT2D eigenvalue weighted by Crippen LogP contribution is 2.67. The third kappa shape index (κ3) is 4.28. The first-order valence-corrected chi connectivity index (χ1v) is 13.5. The van der Waals surface area contributed by atoms with Crippen LogP contribution in [0.5, 0.6) is 0 Å². The molecule has 4 aliphatic rings. The Morgan fingerprint density at radius 3 is 2.62 bits per heavy atom. The van der Waals surface area contributed by atoms with Gasteiger partial charge < -0.3 is 5.73 Å². The van der Waals surface area contributed by atoms with Crippen molar-refractivity contribution in [2.75, 3.05) is 0 Å². The number of nitrogens with zero attached hydrogens (tertiary/aromatic N) is 1. The van der Waals surface area contributed by atoms with E-state index in [1.54, 1.807) is 0 Å². The number of nitrogens with one attached hydrogen (secondary N) is 1. The van der Waals surface area contributed by atoms with Gasteiger partial charge in [0.25, 0.3) is 0 Å². The summed E-state index contributed by atoms with van der Waals surface area (Å²) in [6.07, 6.45) is 18.2. The molecule has 3 N–H and O–H groups in total. The lowest BCUT2D eigenvalue weighted by molar-refractivity contribution is -0.0808. The van der Waals surface area contributed by atoms with Gasteiger partial charge in [-0.2, -0.15) is 5.10 Å². The van der Waals surface area contributed by atoms with Crippen LogP contribution in [0, 0.1) is 52.3 Å². The van der Waals surface area contributed by atoms with E-state index in [2.05, 4.69) is 57.3 Å². The number of hydrogen-bond acceptors (Lipinski definition) is 2. The summed E-state index contributed by atoms with van der Waals surface area (Å²) >= 11 is 0. The molecular formula is C28H47N3O. The van der Waals surface area contributed by atoms with E-state index < -0.39 is 6.03 Å². The molecule has 0 aromatic heterocycles. The monoisotopic (exact) mass is 441 g/mol. The zero-order valence-corrected chi connectivity index (χ0v) is 21.2. The highest BCUT2D eigenvalue weighted by molar-refractivity contribution is 5.96.